The molecule has 128 valence electrons. The molecular weight excluding hydrogens is 328 g/mol. The largest absolute Gasteiger partial charge is 0.333 e. The molecule has 5 rings (SSSR count). The molecule has 0 bridgehead atoms. The van der Waals surface area contributed by atoms with Gasteiger partial charge in [-0.1, -0.05) is 42.5 Å². The van der Waals surface area contributed by atoms with E-state index >= 15 is 0 Å². The van der Waals surface area contributed by atoms with Gasteiger partial charge in [-0.3, -0.25) is 9.78 Å². The number of nitrogens with one attached hydrogen (secondary N) is 1. The third-order valence-corrected chi connectivity index (χ3v) is 4.69. The fourth-order valence-electron chi connectivity index (χ4n) is 3.36. The number of H-pyrrole nitrogens is 1. The molecule has 3 heterocycles. The van der Waals surface area contributed by atoms with Gasteiger partial charge < -0.3 is 9.47 Å². The molecular formula is C19H16N6O. The molecule has 0 saturated heterocycles. The van der Waals surface area contributed by atoms with Gasteiger partial charge in [0.05, 0.1) is 17.4 Å². The van der Waals surface area contributed by atoms with Gasteiger partial charge in [-0.25, -0.2) is 4.98 Å². The van der Waals surface area contributed by atoms with E-state index in [4.69, 9.17) is 0 Å². The quantitative estimate of drug-likeness (QED) is 0.603. The minimum Gasteiger partial charge on any atom is -0.333 e. The van der Waals surface area contributed by atoms with Crippen LogP contribution >= 0.6 is 0 Å². The Morgan fingerprint density at radius 3 is 2.62 bits per heavy atom. The first-order valence-corrected chi connectivity index (χ1v) is 8.51. The van der Waals surface area contributed by atoms with E-state index in [0.29, 0.717) is 23.4 Å². The number of anilines is 1. The van der Waals surface area contributed by atoms with Gasteiger partial charge in [0.2, 0.25) is 5.95 Å². The summed E-state index contributed by atoms with van der Waals surface area (Å²) in [4.78, 5) is 21.9. The standard InChI is InChI=1S/C19H16N6O/c26-18-14-8-4-5-9-15(14)20-19(21-18)24-10-11-25-16(12-24)22-23-17(25)13-6-2-1-3-7-13/h1-9H,10-12H2,(H,20,21,26). The smallest absolute Gasteiger partial charge is 0.260 e. The Morgan fingerprint density at radius 1 is 0.923 bits per heavy atom. The Labute approximate surface area is 149 Å². The second-order valence-corrected chi connectivity index (χ2v) is 6.29. The van der Waals surface area contributed by atoms with Crippen LogP contribution in [-0.2, 0) is 13.1 Å². The first kappa shape index (κ1) is 14.8. The normalized spacial score (nSPS) is 13.8. The number of benzene rings is 2. The summed E-state index contributed by atoms with van der Waals surface area (Å²) in [5.74, 6) is 2.32. The third-order valence-electron chi connectivity index (χ3n) is 4.69. The summed E-state index contributed by atoms with van der Waals surface area (Å²) in [5.41, 5.74) is 1.63. The highest BCUT2D eigenvalue weighted by atomic mass is 16.1. The Bertz CT molecular complexity index is 1150. The molecule has 2 aromatic heterocycles. The summed E-state index contributed by atoms with van der Waals surface area (Å²) in [6, 6.07) is 17.4. The number of hydrogen-bond acceptors (Lipinski definition) is 5. The molecule has 0 saturated carbocycles. The summed E-state index contributed by atoms with van der Waals surface area (Å²) in [5, 5.41) is 9.30. The Morgan fingerprint density at radius 2 is 1.73 bits per heavy atom. The van der Waals surface area contributed by atoms with Crippen molar-refractivity contribution in [1.29, 1.82) is 0 Å². The third kappa shape index (κ3) is 2.36. The van der Waals surface area contributed by atoms with Crippen LogP contribution in [-0.4, -0.2) is 31.3 Å². The lowest BCUT2D eigenvalue weighted by Crippen LogP contribution is -2.36. The predicted octanol–water partition coefficient (Wildman–Crippen LogP) is 2.20. The van der Waals surface area contributed by atoms with E-state index in [9.17, 15) is 4.79 Å². The molecule has 0 radical (unpaired) electrons. The molecule has 7 nitrogen and oxygen atoms in total. The van der Waals surface area contributed by atoms with Crippen molar-refractivity contribution in [2.75, 3.05) is 11.4 Å². The molecule has 1 N–H and O–H groups in total. The number of aromatic amines is 1. The van der Waals surface area contributed by atoms with E-state index in [1.807, 2.05) is 53.4 Å². The van der Waals surface area contributed by atoms with Gasteiger partial charge in [-0.15, -0.1) is 10.2 Å². The maximum absolute atomic E-state index is 12.3. The van der Waals surface area contributed by atoms with Gasteiger partial charge in [0.15, 0.2) is 11.6 Å². The number of para-hydroxylation sites is 1. The molecule has 7 heteroatoms. The summed E-state index contributed by atoms with van der Waals surface area (Å²) < 4.78 is 2.13. The van der Waals surface area contributed by atoms with Crippen molar-refractivity contribution in [3.05, 3.63) is 70.8 Å². The molecule has 0 atom stereocenters. The van der Waals surface area contributed by atoms with Crippen LogP contribution in [0.3, 0.4) is 0 Å². The van der Waals surface area contributed by atoms with Gasteiger partial charge in [0.25, 0.3) is 5.56 Å². The van der Waals surface area contributed by atoms with Crippen LogP contribution in [0.5, 0.6) is 0 Å². The number of rotatable bonds is 2. The fraction of sp³-hybridized carbons (Fsp3) is 0.158. The summed E-state index contributed by atoms with van der Waals surface area (Å²) in [7, 11) is 0. The fourth-order valence-corrected chi connectivity index (χ4v) is 3.36. The summed E-state index contributed by atoms with van der Waals surface area (Å²) in [6.07, 6.45) is 0. The van der Waals surface area contributed by atoms with Crippen LogP contribution in [0, 0.1) is 0 Å². The van der Waals surface area contributed by atoms with Gasteiger partial charge in [0.1, 0.15) is 0 Å². The molecule has 0 fully saturated rings. The van der Waals surface area contributed by atoms with Crippen LogP contribution in [0.15, 0.2) is 59.4 Å². The maximum atomic E-state index is 12.3. The zero-order valence-corrected chi connectivity index (χ0v) is 14.0. The minimum absolute atomic E-state index is 0.123. The zero-order valence-electron chi connectivity index (χ0n) is 14.0. The van der Waals surface area contributed by atoms with Crippen molar-refractivity contribution >= 4 is 16.9 Å². The number of aromatic nitrogens is 5. The second kappa shape index (κ2) is 5.80. The Balaban J connectivity index is 1.50. The molecule has 0 amide bonds. The van der Waals surface area contributed by atoms with Crippen LogP contribution in [0.25, 0.3) is 22.3 Å². The number of fused-ring (bicyclic) bond motifs is 2. The van der Waals surface area contributed by atoms with Gasteiger partial charge >= 0.3 is 0 Å². The van der Waals surface area contributed by atoms with E-state index in [1.54, 1.807) is 6.07 Å². The average molecular weight is 344 g/mol. The molecule has 0 aliphatic carbocycles. The highest BCUT2D eigenvalue weighted by molar-refractivity contribution is 5.78. The van der Waals surface area contributed by atoms with Crippen molar-refractivity contribution in [2.24, 2.45) is 0 Å². The average Bonchev–Trinajstić information content (AvgIpc) is 3.12. The zero-order chi connectivity index (χ0) is 17.5. The number of hydrogen-bond donors (Lipinski definition) is 1. The molecule has 4 aromatic rings. The van der Waals surface area contributed by atoms with Crippen molar-refractivity contribution in [3.63, 3.8) is 0 Å². The molecule has 2 aromatic carbocycles. The first-order valence-electron chi connectivity index (χ1n) is 8.51. The minimum atomic E-state index is -0.123. The van der Waals surface area contributed by atoms with Gasteiger partial charge in [0, 0.05) is 18.7 Å². The van der Waals surface area contributed by atoms with Crippen LogP contribution < -0.4 is 10.5 Å². The lowest BCUT2D eigenvalue weighted by molar-refractivity contribution is 0.555. The predicted molar refractivity (Wildman–Crippen MR) is 98.9 cm³/mol. The van der Waals surface area contributed by atoms with Crippen molar-refractivity contribution < 1.29 is 0 Å². The van der Waals surface area contributed by atoms with E-state index in [0.717, 1.165) is 30.3 Å². The lowest BCUT2D eigenvalue weighted by atomic mass is 10.2. The van der Waals surface area contributed by atoms with Crippen molar-refractivity contribution in [1.82, 2.24) is 24.7 Å². The van der Waals surface area contributed by atoms with E-state index in [-0.39, 0.29) is 5.56 Å². The summed E-state index contributed by atoms with van der Waals surface area (Å²) in [6.45, 7) is 2.02. The van der Waals surface area contributed by atoms with Crippen LogP contribution in [0.1, 0.15) is 5.82 Å². The van der Waals surface area contributed by atoms with Crippen LogP contribution in [0.2, 0.25) is 0 Å². The highest BCUT2D eigenvalue weighted by Gasteiger charge is 2.23. The van der Waals surface area contributed by atoms with Crippen molar-refractivity contribution in [2.45, 2.75) is 13.1 Å². The maximum Gasteiger partial charge on any atom is 0.260 e. The monoisotopic (exact) mass is 344 g/mol. The molecule has 26 heavy (non-hydrogen) atoms. The van der Waals surface area contributed by atoms with Gasteiger partial charge in [-0.05, 0) is 12.1 Å². The lowest BCUT2D eigenvalue weighted by Gasteiger charge is -2.28. The van der Waals surface area contributed by atoms with E-state index in [1.165, 1.54) is 0 Å². The van der Waals surface area contributed by atoms with Crippen molar-refractivity contribution in [3.8, 4) is 11.4 Å². The Kier molecular flexibility index (Phi) is 3.31. The first-order chi connectivity index (χ1) is 12.8. The van der Waals surface area contributed by atoms with E-state index < -0.39 is 0 Å². The topological polar surface area (TPSA) is 79.7 Å². The number of nitrogens with zero attached hydrogens (tertiary/aromatic N) is 5. The van der Waals surface area contributed by atoms with Crippen LogP contribution in [0.4, 0.5) is 5.95 Å². The second-order valence-electron chi connectivity index (χ2n) is 6.29. The molecule has 0 spiro atoms. The highest BCUT2D eigenvalue weighted by Crippen LogP contribution is 2.23. The molecule has 1 aliphatic rings. The Hall–Kier alpha value is -3.48. The van der Waals surface area contributed by atoms with E-state index in [2.05, 4.69) is 24.7 Å². The SMILES string of the molecule is O=c1[nH]c(N2CCn3c(nnc3-c3ccccc3)C2)nc2ccccc12. The van der Waals surface area contributed by atoms with Gasteiger partial charge in [-0.2, -0.15) is 0 Å². The molecule has 1 aliphatic heterocycles. The summed E-state index contributed by atoms with van der Waals surface area (Å²) >= 11 is 0. The molecule has 0 unspecified atom stereocenters.